The predicted molar refractivity (Wildman–Crippen MR) is 102 cm³/mol. The normalized spacial score (nSPS) is 11.2. The lowest BCUT2D eigenvalue weighted by Gasteiger charge is -2.07. The summed E-state index contributed by atoms with van der Waals surface area (Å²) in [5, 5.41) is 8.88. The van der Waals surface area contributed by atoms with Crippen molar-refractivity contribution in [1.82, 2.24) is 24.1 Å². The number of thioether (sulfide) groups is 1. The third kappa shape index (κ3) is 3.23. The van der Waals surface area contributed by atoms with Crippen LogP contribution in [0.2, 0.25) is 0 Å². The summed E-state index contributed by atoms with van der Waals surface area (Å²) in [5.41, 5.74) is 2.52. The Labute approximate surface area is 158 Å². The molecule has 0 spiro atoms. The number of pyridine rings is 1. The van der Waals surface area contributed by atoms with Crippen molar-refractivity contribution in [2.24, 2.45) is 7.05 Å². The van der Waals surface area contributed by atoms with Gasteiger partial charge >= 0.3 is 0 Å². The predicted octanol–water partition coefficient (Wildman–Crippen LogP) is 3.23. The van der Waals surface area contributed by atoms with Crippen molar-refractivity contribution in [3.05, 3.63) is 76.1 Å². The second-order valence-electron chi connectivity index (χ2n) is 6.10. The van der Waals surface area contributed by atoms with Gasteiger partial charge in [-0.05, 0) is 30.7 Å². The monoisotopic (exact) mass is 381 g/mol. The average molecular weight is 381 g/mol. The first-order valence-corrected chi connectivity index (χ1v) is 9.28. The van der Waals surface area contributed by atoms with Crippen molar-refractivity contribution in [1.29, 1.82) is 0 Å². The number of hydrogen-bond donors (Lipinski definition) is 0. The van der Waals surface area contributed by atoms with Crippen LogP contribution in [0, 0.1) is 12.7 Å². The molecule has 0 radical (unpaired) electrons. The van der Waals surface area contributed by atoms with Crippen LogP contribution in [0.4, 0.5) is 4.39 Å². The summed E-state index contributed by atoms with van der Waals surface area (Å²) in [6, 6.07) is 11.7. The molecule has 0 fully saturated rings. The fourth-order valence-corrected chi connectivity index (χ4v) is 3.64. The third-order valence-electron chi connectivity index (χ3n) is 4.24. The van der Waals surface area contributed by atoms with Crippen molar-refractivity contribution in [3.8, 4) is 11.4 Å². The lowest BCUT2D eigenvalue weighted by atomic mass is 10.2. The summed E-state index contributed by atoms with van der Waals surface area (Å²) in [6.07, 6.45) is 1.71. The van der Waals surface area contributed by atoms with Gasteiger partial charge in [0.1, 0.15) is 11.5 Å². The van der Waals surface area contributed by atoms with Gasteiger partial charge in [-0.3, -0.25) is 9.20 Å². The van der Waals surface area contributed by atoms with E-state index >= 15 is 0 Å². The van der Waals surface area contributed by atoms with Crippen molar-refractivity contribution in [2.45, 2.75) is 17.8 Å². The van der Waals surface area contributed by atoms with Crippen LogP contribution in [-0.4, -0.2) is 24.1 Å². The van der Waals surface area contributed by atoms with Gasteiger partial charge in [0.15, 0.2) is 11.0 Å². The van der Waals surface area contributed by atoms with E-state index in [0.717, 1.165) is 5.56 Å². The summed E-state index contributed by atoms with van der Waals surface area (Å²) in [5.74, 6) is 0.575. The molecule has 136 valence electrons. The molecular weight excluding hydrogens is 365 g/mol. The Morgan fingerprint density at radius 3 is 2.78 bits per heavy atom. The van der Waals surface area contributed by atoms with E-state index in [9.17, 15) is 9.18 Å². The van der Waals surface area contributed by atoms with E-state index in [1.165, 1.54) is 28.3 Å². The number of fused-ring (bicyclic) bond motifs is 1. The Morgan fingerprint density at radius 2 is 1.96 bits per heavy atom. The molecule has 0 aliphatic carbocycles. The Balaban J connectivity index is 1.62. The first-order chi connectivity index (χ1) is 13.0. The van der Waals surface area contributed by atoms with Gasteiger partial charge in [-0.15, -0.1) is 10.2 Å². The lowest BCUT2D eigenvalue weighted by Crippen LogP contribution is -2.15. The van der Waals surface area contributed by atoms with E-state index in [1.54, 1.807) is 36.0 Å². The zero-order valence-electron chi connectivity index (χ0n) is 14.8. The van der Waals surface area contributed by atoms with Crippen molar-refractivity contribution in [3.63, 3.8) is 0 Å². The highest BCUT2D eigenvalue weighted by molar-refractivity contribution is 7.98. The average Bonchev–Trinajstić information content (AvgIpc) is 3.02. The van der Waals surface area contributed by atoms with Gasteiger partial charge in [0.25, 0.3) is 5.56 Å². The van der Waals surface area contributed by atoms with Crippen LogP contribution >= 0.6 is 11.8 Å². The maximum Gasteiger partial charge on any atom is 0.258 e. The molecule has 6 nitrogen and oxygen atoms in total. The topological polar surface area (TPSA) is 65.1 Å². The Hall–Kier alpha value is -3.00. The standard InChI is InChI=1S/C19H16FN5OS/c1-12-6-5-9-25-16(26)10-13(21-17(12)25)11-27-19-23-22-18(24(19)2)14-7-3-4-8-15(14)20/h3-10H,11H2,1-2H3. The highest BCUT2D eigenvalue weighted by atomic mass is 32.2. The van der Waals surface area contributed by atoms with Gasteiger partial charge in [0, 0.05) is 25.1 Å². The minimum atomic E-state index is -0.343. The van der Waals surface area contributed by atoms with Gasteiger partial charge < -0.3 is 4.57 Å². The van der Waals surface area contributed by atoms with Gasteiger partial charge in [0.2, 0.25) is 0 Å². The quantitative estimate of drug-likeness (QED) is 0.508. The second-order valence-corrected chi connectivity index (χ2v) is 7.05. The van der Waals surface area contributed by atoms with E-state index < -0.39 is 0 Å². The van der Waals surface area contributed by atoms with Crippen LogP contribution in [0.15, 0.2) is 58.6 Å². The van der Waals surface area contributed by atoms with Crippen LogP contribution in [0.5, 0.6) is 0 Å². The maximum atomic E-state index is 14.0. The van der Waals surface area contributed by atoms with E-state index in [-0.39, 0.29) is 11.4 Å². The molecule has 1 aromatic carbocycles. The second kappa shape index (κ2) is 6.96. The largest absolute Gasteiger partial charge is 0.305 e. The number of nitrogens with zero attached hydrogens (tertiary/aromatic N) is 5. The molecule has 0 saturated carbocycles. The molecule has 0 atom stereocenters. The molecule has 0 bridgehead atoms. The first-order valence-electron chi connectivity index (χ1n) is 8.29. The van der Waals surface area contributed by atoms with E-state index in [0.29, 0.717) is 33.6 Å². The third-order valence-corrected chi connectivity index (χ3v) is 5.29. The minimum Gasteiger partial charge on any atom is -0.305 e. The number of hydrogen-bond acceptors (Lipinski definition) is 5. The summed E-state index contributed by atoms with van der Waals surface area (Å²) in [6.45, 7) is 1.92. The van der Waals surface area contributed by atoms with Crippen molar-refractivity contribution < 1.29 is 4.39 Å². The SMILES string of the molecule is Cc1cccn2c(=O)cc(CSc3nnc(-c4ccccc4F)n3C)nc12. The Bertz CT molecular complexity index is 1200. The van der Waals surface area contributed by atoms with Gasteiger partial charge in [-0.2, -0.15) is 0 Å². The maximum absolute atomic E-state index is 14.0. The van der Waals surface area contributed by atoms with Gasteiger partial charge in [-0.1, -0.05) is 30.0 Å². The number of benzene rings is 1. The minimum absolute atomic E-state index is 0.121. The van der Waals surface area contributed by atoms with E-state index in [2.05, 4.69) is 15.2 Å². The molecule has 3 aromatic heterocycles. The van der Waals surface area contributed by atoms with E-state index in [4.69, 9.17) is 0 Å². The molecule has 8 heteroatoms. The zero-order valence-corrected chi connectivity index (χ0v) is 15.6. The smallest absolute Gasteiger partial charge is 0.258 e. The Morgan fingerprint density at radius 1 is 1.15 bits per heavy atom. The van der Waals surface area contributed by atoms with Crippen molar-refractivity contribution >= 4 is 17.4 Å². The number of aromatic nitrogens is 5. The van der Waals surface area contributed by atoms with E-state index in [1.807, 2.05) is 19.1 Å². The summed E-state index contributed by atoms with van der Waals surface area (Å²) in [4.78, 5) is 16.9. The molecule has 4 rings (SSSR count). The van der Waals surface area contributed by atoms with Crippen LogP contribution < -0.4 is 5.56 Å². The number of halogens is 1. The zero-order chi connectivity index (χ0) is 19.0. The van der Waals surface area contributed by atoms with Crippen LogP contribution in [-0.2, 0) is 12.8 Å². The molecule has 4 aromatic rings. The molecule has 27 heavy (non-hydrogen) atoms. The van der Waals surface area contributed by atoms with Crippen LogP contribution in [0.25, 0.3) is 17.0 Å². The highest BCUT2D eigenvalue weighted by Gasteiger charge is 2.15. The first kappa shape index (κ1) is 17.4. The molecule has 0 N–H and O–H groups in total. The summed E-state index contributed by atoms with van der Waals surface area (Å²) < 4.78 is 17.3. The van der Waals surface area contributed by atoms with Crippen LogP contribution in [0.3, 0.4) is 0 Å². The van der Waals surface area contributed by atoms with Gasteiger partial charge in [0.05, 0.1) is 11.3 Å². The Kier molecular flexibility index (Phi) is 4.49. The lowest BCUT2D eigenvalue weighted by molar-refractivity contribution is 0.628. The molecule has 0 aliphatic heterocycles. The molecule has 3 heterocycles. The molecular formula is C19H16FN5OS. The summed E-state index contributed by atoms with van der Waals surface area (Å²) in [7, 11) is 1.79. The highest BCUT2D eigenvalue weighted by Crippen LogP contribution is 2.26. The number of rotatable bonds is 4. The number of aryl methyl sites for hydroxylation is 1. The van der Waals surface area contributed by atoms with Crippen LogP contribution in [0.1, 0.15) is 11.3 Å². The molecule has 0 saturated heterocycles. The fourth-order valence-electron chi connectivity index (χ4n) is 2.84. The van der Waals surface area contributed by atoms with Crippen molar-refractivity contribution in [2.75, 3.05) is 0 Å². The molecule has 0 unspecified atom stereocenters. The molecule has 0 aliphatic rings. The fraction of sp³-hybridized carbons (Fsp3) is 0.158. The summed E-state index contributed by atoms with van der Waals surface area (Å²) >= 11 is 1.40. The van der Waals surface area contributed by atoms with Gasteiger partial charge in [-0.25, -0.2) is 9.37 Å². The molecule has 0 amide bonds.